The number of hydrogen-bond acceptors (Lipinski definition) is 5. The van der Waals surface area contributed by atoms with E-state index in [-0.39, 0.29) is 0 Å². The molecule has 0 aromatic carbocycles. The zero-order valence-corrected chi connectivity index (χ0v) is 12.3. The lowest BCUT2D eigenvalue weighted by molar-refractivity contribution is 0.0497. The van der Waals surface area contributed by atoms with Gasteiger partial charge in [0.25, 0.3) is 0 Å². The molecule has 1 aliphatic heterocycles. The third-order valence-corrected chi connectivity index (χ3v) is 3.62. The molecule has 3 rings (SSSR count). The molecule has 1 atom stereocenters. The summed E-state index contributed by atoms with van der Waals surface area (Å²) in [5.41, 5.74) is 0.876. The van der Waals surface area contributed by atoms with Gasteiger partial charge >= 0.3 is 0 Å². The molecule has 0 radical (unpaired) electrons. The van der Waals surface area contributed by atoms with Crippen molar-refractivity contribution in [2.45, 2.75) is 26.4 Å². The van der Waals surface area contributed by atoms with E-state index in [0.717, 1.165) is 43.0 Å². The predicted molar refractivity (Wildman–Crippen MR) is 77.7 cm³/mol. The summed E-state index contributed by atoms with van der Waals surface area (Å²) in [6, 6.07) is 0. The molecule has 108 valence electrons. The average molecular weight is 275 g/mol. The minimum Gasteiger partial charge on any atom is -0.376 e. The van der Waals surface area contributed by atoms with Gasteiger partial charge in [-0.2, -0.15) is 5.10 Å². The molecule has 1 aliphatic rings. The van der Waals surface area contributed by atoms with Crippen molar-refractivity contribution in [2.24, 2.45) is 13.0 Å². The molecule has 2 aromatic heterocycles. The molecular formula is C14H21N5O. The van der Waals surface area contributed by atoms with Crippen molar-refractivity contribution in [2.75, 3.05) is 24.6 Å². The molecule has 0 saturated carbocycles. The third kappa shape index (κ3) is 2.47. The van der Waals surface area contributed by atoms with Crippen LogP contribution < -0.4 is 4.90 Å². The minimum absolute atomic E-state index is 0.305. The van der Waals surface area contributed by atoms with Crippen LogP contribution in [-0.4, -0.2) is 45.5 Å². The molecule has 0 bridgehead atoms. The summed E-state index contributed by atoms with van der Waals surface area (Å²) in [4.78, 5) is 11.0. The molecule has 0 N–H and O–H groups in total. The Hall–Kier alpha value is -1.69. The molecule has 3 heterocycles. The summed E-state index contributed by atoms with van der Waals surface area (Å²) >= 11 is 0. The highest BCUT2D eigenvalue weighted by atomic mass is 16.5. The Morgan fingerprint density at radius 2 is 2.25 bits per heavy atom. The topological polar surface area (TPSA) is 56.1 Å². The second-order valence-corrected chi connectivity index (χ2v) is 5.79. The maximum absolute atomic E-state index is 5.93. The van der Waals surface area contributed by atoms with Crippen molar-refractivity contribution in [3.05, 3.63) is 12.5 Å². The fraction of sp³-hybridized carbons (Fsp3) is 0.643. The number of rotatable bonds is 4. The summed E-state index contributed by atoms with van der Waals surface area (Å²) in [6.45, 7) is 7.05. The molecule has 0 aliphatic carbocycles. The zero-order valence-electron chi connectivity index (χ0n) is 12.3. The van der Waals surface area contributed by atoms with Crippen LogP contribution in [0.1, 0.15) is 20.3 Å². The van der Waals surface area contributed by atoms with Crippen LogP contribution in [0.4, 0.5) is 5.82 Å². The Morgan fingerprint density at radius 3 is 3.05 bits per heavy atom. The van der Waals surface area contributed by atoms with Gasteiger partial charge in [0.15, 0.2) is 5.65 Å². The molecule has 1 unspecified atom stereocenters. The van der Waals surface area contributed by atoms with E-state index in [1.54, 1.807) is 11.0 Å². The van der Waals surface area contributed by atoms with Gasteiger partial charge in [-0.25, -0.2) is 9.97 Å². The van der Waals surface area contributed by atoms with Crippen molar-refractivity contribution in [3.63, 3.8) is 0 Å². The Labute approximate surface area is 118 Å². The van der Waals surface area contributed by atoms with Crippen LogP contribution in [0.5, 0.6) is 0 Å². The van der Waals surface area contributed by atoms with Gasteiger partial charge in [0.2, 0.25) is 0 Å². The van der Waals surface area contributed by atoms with Crippen LogP contribution in [0.2, 0.25) is 0 Å². The summed E-state index contributed by atoms with van der Waals surface area (Å²) < 4.78 is 7.71. The quantitative estimate of drug-likeness (QED) is 0.848. The van der Waals surface area contributed by atoms with Gasteiger partial charge in [-0.3, -0.25) is 4.68 Å². The number of fused-ring (bicyclic) bond motifs is 1. The van der Waals surface area contributed by atoms with Gasteiger partial charge in [-0.1, -0.05) is 13.8 Å². The molecule has 1 saturated heterocycles. The van der Waals surface area contributed by atoms with Crippen LogP contribution in [0.25, 0.3) is 11.0 Å². The van der Waals surface area contributed by atoms with Crippen LogP contribution in [0.3, 0.4) is 0 Å². The molecular weight excluding hydrogens is 254 g/mol. The number of aryl methyl sites for hydroxylation is 1. The smallest absolute Gasteiger partial charge is 0.163 e. The first-order valence-electron chi connectivity index (χ1n) is 7.14. The fourth-order valence-electron chi connectivity index (χ4n) is 2.59. The van der Waals surface area contributed by atoms with E-state index < -0.39 is 0 Å². The van der Waals surface area contributed by atoms with E-state index in [0.29, 0.717) is 12.0 Å². The number of hydrogen-bond donors (Lipinski definition) is 0. The normalized spacial score (nSPS) is 19.4. The van der Waals surface area contributed by atoms with Crippen molar-refractivity contribution < 1.29 is 4.74 Å². The van der Waals surface area contributed by atoms with Crippen LogP contribution in [0, 0.1) is 5.92 Å². The third-order valence-electron chi connectivity index (χ3n) is 3.62. The number of nitrogens with zero attached hydrogens (tertiary/aromatic N) is 5. The molecule has 0 amide bonds. The number of aromatic nitrogens is 4. The summed E-state index contributed by atoms with van der Waals surface area (Å²) in [5, 5.41) is 5.28. The number of ether oxygens (including phenoxy) is 1. The van der Waals surface area contributed by atoms with Gasteiger partial charge < -0.3 is 9.64 Å². The van der Waals surface area contributed by atoms with Crippen molar-refractivity contribution in [1.29, 1.82) is 0 Å². The van der Waals surface area contributed by atoms with E-state index in [1.165, 1.54) is 0 Å². The lowest BCUT2D eigenvalue weighted by Gasteiger charge is -2.18. The lowest BCUT2D eigenvalue weighted by Crippen LogP contribution is -2.24. The first-order valence-corrected chi connectivity index (χ1v) is 7.14. The van der Waals surface area contributed by atoms with E-state index in [4.69, 9.17) is 4.74 Å². The van der Waals surface area contributed by atoms with Gasteiger partial charge in [-0.15, -0.1) is 0 Å². The number of anilines is 1. The molecule has 2 aromatic rings. The van der Waals surface area contributed by atoms with Crippen molar-refractivity contribution in [3.8, 4) is 0 Å². The SMILES string of the molecule is CC(C)COC1CCN(c2ncnc3c2cnn3C)C1. The molecule has 6 nitrogen and oxygen atoms in total. The second-order valence-electron chi connectivity index (χ2n) is 5.79. The predicted octanol–water partition coefficient (Wildman–Crippen LogP) is 1.61. The van der Waals surface area contributed by atoms with Gasteiger partial charge in [-0.05, 0) is 12.3 Å². The Bertz CT molecular complexity index is 594. The lowest BCUT2D eigenvalue weighted by atomic mass is 10.2. The first-order chi connectivity index (χ1) is 9.65. The van der Waals surface area contributed by atoms with Crippen molar-refractivity contribution >= 4 is 16.9 Å². The maximum atomic E-state index is 5.93. The molecule has 0 spiro atoms. The highest BCUT2D eigenvalue weighted by molar-refractivity contribution is 5.86. The Morgan fingerprint density at radius 1 is 1.40 bits per heavy atom. The zero-order chi connectivity index (χ0) is 14.1. The summed E-state index contributed by atoms with van der Waals surface area (Å²) in [7, 11) is 1.90. The summed E-state index contributed by atoms with van der Waals surface area (Å²) in [6.07, 6.45) is 4.81. The molecule has 20 heavy (non-hydrogen) atoms. The van der Waals surface area contributed by atoms with E-state index in [1.807, 2.05) is 13.2 Å². The van der Waals surface area contributed by atoms with Crippen LogP contribution in [-0.2, 0) is 11.8 Å². The second kappa shape index (κ2) is 5.36. The maximum Gasteiger partial charge on any atom is 0.163 e. The molecule has 6 heteroatoms. The van der Waals surface area contributed by atoms with Crippen molar-refractivity contribution in [1.82, 2.24) is 19.7 Å². The Kier molecular flexibility index (Phi) is 3.56. The van der Waals surface area contributed by atoms with Gasteiger partial charge in [0.05, 0.1) is 17.7 Å². The van der Waals surface area contributed by atoms with E-state index in [2.05, 4.69) is 33.8 Å². The average Bonchev–Trinajstić information content (AvgIpc) is 3.04. The van der Waals surface area contributed by atoms with Gasteiger partial charge in [0, 0.05) is 26.7 Å². The monoisotopic (exact) mass is 275 g/mol. The molecule has 1 fully saturated rings. The minimum atomic E-state index is 0.305. The van der Waals surface area contributed by atoms with Crippen LogP contribution >= 0.6 is 0 Å². The Balaban J connectivity index is 1.76. The standard InChI is InChI=1S/C14H21N5O/c1-10(2)8-20-11-4-5-19(7-11)14-12-6-17-18(3)13(12)15-9-16-14/h6,9-11H,4-5,7-8H2,1-3H3. The first kappa shape index (κ1) is 13.3. The largest absolute Gasteiger partial charge is 0.376 e. The highest BCUT2D eigenvalue weighted by Gasteiger charge is 2.26. The summed E-state index contributed by atoms with van der Waals surface area (Å²) in [5.74, 6) is 1.55. The fourth-order valence-corrected chi connectivity index (χ4v) is 2.59. The highest BCUT2D eigenvalue weighted by Crippen LogP contribution is 2.26. The van der Waals surface area contributed by atoms with Gasteiger partial charge in [0.1, 0.15) is 12.1 Å². The van der Waals surface area contributed by atoms with E-state index in [9.17, 15) is 0 Å². The van der Waals surface area contributed by atoms with E-state index >= 15 is 0 Å². The van der Waals surface area contributed by atoms with Crippen LogP contribution in [0.15, 0.2) is 12.5 Å².